The third-order valence-corrected chi connectivity index (χ3v) is 4.45. The van der Waals surface area contributed by atoms with Gasteiger partial charge in [-0.25, -0.2) is 0 Å². The van der Waals surface area contributed by atoms with Gasteiger partial charge in [0.1, 0.15) is 0 Å². The lowest BCUT2D eigenvalue weighted by Gasteiger charge is -2.29. The van der Waals surface area contributed by atoms with E-state index >= 15 is 0 Å². The van der Waals surface area contributed by atoms with Crippen molar-refractivity contribution in [1.29, 1.82) is 0 Å². The Labute approximate surface area is 158 Å². The molecule has 1 heterocycles. The molecule has 2 atom stereocenters. The third kappa shape index (κ3) is 6.30. The van der Waals surface area contributed by atoms with E-state index < -0.39 is 0 Å². The first-order chi connectivity index (χ1) is 10.7. The second-order valence-corrected chi connectivity index (χ2v) is 6.08. The van der Waals surface area contributed by atoms with Crippen LogP contribution in [0.5, 0.6) is 0 Å². The lowest BCUT2D eigenvalue weighted by atomic mass is 10.1. The number of aliphatic imine (C=N–C) groups is 1. The van der Waals surface area contributed by atoms with Gasteiger partial charge in [-0.1, -0.05) is 37.3 Å². The summed E-state index contributed by atoms with van der Waals surface area (Å²) in [5.74, 6) is 0.898. The number of nitrogens with zero attached hydrogens (tertiary/aromatic N) is 2. The van der Waals surface area contributed by atoms with E-state index in [0.29, 0.717) is 12.1 Å². The Bertz CT molecular complexity index is 457. The molecule has 2 rings (SSSR count). The first-order valence-electron chi connectivity index (χ1n) is 8.50. The quantitative estimate of drug-likeness (QED) is 0.413. The zero-order valence-electron chi connectivity index (χ0n) is 14.6. The maximum absolute atomic E-state index is 4.34. The van der Waals surface area contributed by atoms with E-state index in [0.717, 1.165) is 18.9 Å². The molecule has 0 radical (unpaired) electrons. The van der Waals surface area contributed by atoms with Crippen LogP contribution in [0.3, 0.4) is 0 Å². The van der Waals surface area contributed by atoms with Crippen LogP contribution in [0.25, 0.3) is 0 Å². The number of halogens is 1. The van der Waals surface area contributed by atoms with Gasteiger partial charge in [0.15, 0.2) is 5.96 Å². The molecule has 1 aromatic rings. The Balaban J connectivity index is 0.00000264. The molecule has 130 valence electrons. The molecular formula is C18H31IN4. The second kappa shape index (κ2) is 10.9. The van der Waals surface area contributed by atoms with Gasteiger partial charge in [0.2, 0.25) is 0 Å². The standard InChI is InChI=1S/C18H30N4.HI/c1-4-15(2)21-18(19-3)20-14-17(22-12-8-9-13-22)16-10-6-5-7-11-16;/h5-7,10-11,15,17H,4,8-9,12-14H2,1-3H3,(H2,19,20,21);1H. The molecule has 0 aromatic heterocycles. The van der Waals surface area contributed by atoms with Crippen LogP contribution in [0.2, 0.25) is 0 Å². The van der Waals surface area contributed by atoms with Crippen LogP contribution < -0.4 is 10.6 Å². The molecule has 0 bridgehead atoms. The molecule has 2 unspecified atom stereocenters. The van der Waals surface area contributed by atoms with E-state index in [1.165, 1.54) is 31.5 Å². The van der Waals surface area contributed by atoms with Crippen molar-refractivity contribution in [3.05, 3.63) is 35.9 Å². The van der Waals surface area contributed by atoms with Gasteiger partial charge in [-0.3, -0.25) is 9.89 Å². The van der Waals surface area contributed by atoms with Gasteiger partial charge in [0.05, 0.1) is 6.04 Å². The topological polar surface area (TPSA) is 39.7 Å². The molecule has 23 heavy (non-hydrogen) atoms. The van der Waals surface area contributed by atoms with Crippen molar-refractivity contribution in [2.24, 2.45) is 4.99 Å². The second-order valence-electron chi connectivity index (χ2n) is 6.08. The van der Waals surface area contributed by atoms with Crippen molar-refractivity contribution in [3.8, 4) is 0 Å². The number of benzene rings is 1. The molecule has 0 aliphatic carbocycles. The summed E-state index contributed by atoms with van der Waals surface area (Å²) in [5, 5.41) is 6.94. The molecular weight excluding hydrogens is 399 g/mol. The van der Waals surface area contributed by atoms with Crippen LogP contribution in [0.1, 0.15) is 44.7 Å². The molecule has 0 saturated carbocycles. The van der Waals surface area contributed by atoms with Gasteiger partial charge in [0, 0.05) is 19.6 Å². The molecule has 1 saturated heterocycles. The van der Waals surface area contributed by atoms with Gasteiger partial charge in [-0.05, 0) is 44.8 Å². The molecule has 1 aliphatic rings. The Kier molecular flexibility index (Phi) is 9.55. The van der Waals surface area contributed by atoms with Crippen LogP contribution in [0.15, 0.2) is 35.3 Å². The van der Waals surface area contributed by atoms with Crippen molar-refractivity contribution < 1.29 is 0 Å². The summed E-state index contributed by atoms with van der Waals surface area (Å²) in [7, 11) is 1.84. The van der Waals surface area contributed by atoms with Crippen LogP contribution in [0.4, 0.5) is 0 Å². The molecule has 1 aliphatic heterocycles. The Morgan fingerprint density at radius 3 is 2.43 bits per heavy atom. The first kappa shape index (κ1) is 20.2. The number of likely N-dealkylation sites (tertiary alicyclic amines) is 1. The van der Waals surface area contributed by atoms with Crippen LogP contribution >= 0.6 is 24.0 Å². The SMILES string of the molecule is CCC(C)NC(=NC)NCC(c1ccccc1)N1CCCC1.I. The zero-order valence-corrected chi connectivity index (χ0v) is 16.9. The fraction of sp³-hybridized carbons (Fsp3) is 0.611. The lowest BCUT2D eigenvalue weighted by Crippen LogP contribution is -2.45. The van der Waals surface area contributed by atoms with Gasteiger partial charge >= 0.3 is 0 Å². The van der Waals surface area contributed by atoms with Gasteiger partial charge in [-0.15, -0.1) is 24.0 Å². The van der Waals surface area contributed by atoms with Gasteiger partial charge in [0.25, 0.3) is 0 Å². The molecule has 0 spiro atoms. The highest BCUT2D eigenvalue weighted by molar-refractivity contribution is 14.0. The van der Waals surface area contributed by atoms with E-state index in [1.807, 2.05) is 7.05 Å². The highest BCUT2D eigenvalue weighted by Gasteiger charge is 2.23. The van der Waals surface area contributed by atoms with Crippen LogP contribution in [-0.2, 0) is 0 Å². The normalized spacial score (nSPS) is 18.1. The van der Waals surface area contributed by atoms with E-state index in [1.54, 1.807) is 0 Å². The summed E-state index contributed by atoms with van der Waals surface area (Å²) in [5.41, 5.74) is 1.39. The minimum absolute atomic E-state index is 0. The lowest BCUT2D eigenvalue weighted by molar-refractivity contribution is 0.245. The molecule has 0 amide bonds. The fourth-order valence-electron chi connectivity index (χ4n) is 2.91. The van der Waals surface area contributed by atoms with Gasteiger partial charge in [-0.2, -0.15) is 0 Å². The Morgan fingerprint density at radius 1 is 1.22 bits per heavy atom. The number of hydrogen-bond donors (Lipinski definition) is 2. The van der Waals surface area contributed by atoms with Crippen molar-refractivity contribution in [3.63, 3.8) is 0 Å². The zero-order chi connectivity index (χ0) is 15.8. The number of hydrogen-bond acceptors (Lipinski definition) is 2. The Hall–Kier alpha value is -0.820. The smallest absolute Gasteiger partial charge is 0.191 e. The van der Waals surface area contributed by atoms with Gasteiger partial charge < -0.3 is 10.6 Å². The van der Waals surface area contributed by atoms with Crippen LogP contribution in [0, 0.1) is 0 Å². The monoisotopic (exact) mass is 430 g/mol. The van der Waals surface area contributed by atoms with E-state index in [9.17, 15) is 0 Å². The van der Waals surface area contributed by atoms with Crippen molar-refractivity contribution >= 4 is 29.9 Å². The largest absolute Gasteiger partial charge is 0.354 e. The number of nitrogens with one attached hydrogen (secondary N) is 2. The third-order valence-electron chi connectivity index (χ3n) is 4.45. The highest BCUT2D eigenvalue weighted by Crippen LogP contribution is 2.24. The summed E-state index contributed by atoms with van der Waals surface area (Å²) in [6, 6.07) is 11.7. The predicted octanol–water partition coefficient (Wildman–Crippen LogP) is 3.41. The minimum atomic E-state index is 0. The predicted molar refractivity (Wildman–Crippen MR) is 110 cm³/mol. The number of rotatable bonds is 6. The summed E-state index contributed by atoms with van der Waals surface area (Å²) in [6.45, 7) is 7.64. The summed E-state index contributed by atoms with van der Waals surface area (Å²) < 4.78 is 0. The van der Waals surface area contributed by atoms with E-state index in [-0.39, 0.29) is 24.0 Å². The summed E-state index contributed by atoms with van der Waals surface area (Å²) in [6.07, 6.45) is 3.71. The molecule has 5 heteroatoms. The average Bonchev–Trinajstić information content (AvgIpc) is 3.09. The van der Waals surface area contributed by atoms with Crippen LogP contribution in [-0.4, -0.2) is 43.6 Å². The summed E-state index contributed by atoms with van der Waals surface area (Å²) in [4.78, 5) is 6.93. The van der Waals surface area contributed by atoms with Crippen molar-refractivity contribution in [1.82, 2.24) is 15.5 Å². The maximum atomic E-state index is 4.34. The fourth-order valence-corrected chi connectivity index (χ4v) is 2.91. The van der Waals surface area contributed by atoms with E-state index in [2.05, 4.69) is 64.7 Å². The molecule has 2 N–H and O–H groups in total. The van der Waals surface area contributed by atoms with E-state index in [4.69, 9.17) is 0 Å². The maximum Gasteiger partial charge on any atom is 0.191 e. The summed E-state index contributed by atoms with van der Waals surface area (Å²) >= 11 is 0. The van der Waals surface area contributed by atoms with Crippen molar-refractivity contribution in [2.75, 3.05) is 26.7 Å². The first-order valence-corrected chi connectivity index (χ1v) is 8.50. The molecule has 1 aromatic carbocycles. The highest BCUT2D eigenvalue weighted by atomic mass is 127. The Morgan fingerprint density at radius 2 is 1.87 bits per heavy atom. The molecule has 4 nitrogen and oxygen atoms in total. The number of guanidine groups is 1. The molecule has 1 fully saturated rings. The van der Waals surface area contributed by atoms with Crippen molar-refractivity contribution in [2.45, 2.75) is 45.2 Å². The minimum Gasteiger partial charge on any atom is -0.354 e. The average molecular weight is 430 g/mol.